The number of hydrogen-bond acceptors (Lipinski definition) is 4. The van der Waals surface area contributed by atoms with Crippen LogP contribution in [0.4, 0.5) is 0 Å². The first kappa shape index (κ1) is 12.0. The van der Waals surface area contributed by atoms with Crippen molar-refractivity contribution >= 4 is 11.3 Å². The molecule has 1 atom stereocenters. The standard InChI is InChI=1S/C12H21N3S/c1-14-5-3-6-15(8-7-14)10-11(13)12-4-2-9-16-12/h2,4,9,11H,3,5-8,10,13H2,1H3. The second-order valence-electron chi connectivity index (χ2n) is 4.58. The fraction of sp³-hybridized carbons (Fsp3) is 0.667. The van der Waals surface area contributed by atoms with E-state index < -0.39 is 0 Å². The molecule has 4 heteroatoms. The average molecular weight is 239 g/mol. The molecule has 2 rings (SSSR count). The molecule has 1 aliphatic heterocycles. The van der Waals surface area contributed by atoms with Gasteiger partial charge in [0.25, 0.3) is 0 Å². The van der Waals surface area contributed by atoms with E-state index in [0.717, 1.165) is 19.6 Å². The van der Waals surface area contributed by atoms with Crippen molar-refractivity contribution in [2.24, 2.45) is 5.73 Å². The third-order valence-electron chi connectivity index (χ3n) is 3.18. The van der Waals surface area contributed by atoms with Gasteiger partial charge in [-0.1, -0.05) is 6.07 Å². The van der Waals surface area contributed by atoms with E-state index in [-0.39, 0.29) is 6.04 Å². The van der Waals surface area contributed by atoms with Crippen molar-refractivity contribution in [2.75, 3.05) is 39.8 Å². The lowest BCUT2D eigenvalue weighted by Gasteiger charge is -2.23. The van der Waals surface area contributed by atoms with Gasteiger partial charge in [0.2, 0.25) is 0 Å². The minimum Gasteiger partial charge on any atom is -0.322 e. The molecule has 2 N–H and O–H groups in total. The monoisotopic (exact) mass is 239 g/mol. The van der Waals surface area contributed by atoms with Crippen LogP contribution in [0, 0.1) is 0 Å². The van der Waals surface area contributed by atoms with Crippen LogP contribution in [-0.4, -0.2) is 49.6 Å². The molecule has 1 aliphatic rings. The Labute approximate surface area is 102 Å². The van der Waals surface area contributed by atoms with E-state index in [0.29, 0.717) is 0 Å². The van der Waals surface area contributed by atoms with Crippen LogP contribution in [0.3, 0.4) is 0 Å². The van der Waals surface area contributed by atoms with E-state index in [9.17, 15) is 0 Å². The summed E-state index contributed by atoms with van der Waals surface area (Å²) in [6, 6.07) is 4.40. The summed E-state index contributed by atoms with van der Waals surface area (Å²) in [6.45, 7) is 5.70. The lowest BCUT2D eigenvalue weighted by molar-refractivity contribution is 0.262. The smallest absolute Gasteiger partial charge is 0.0519 e. The lowest BCUT2D eigenvalue weighted by atomic mass is 10.2. The summed E-state index contributed by atoms with van der Waals surface area (Å²) in [5.74, 6) is 0. The van der Waals surface area contributed by atoms with E-state index in [4.69, 9.17) is 5.73 Å². The summed E-state index contributed by atoms with van der Waals surface area (Å²) < 4.78 is 0. The van der Waals surface area contributed by atoms with Gasteiger partial charge < -0.3 is 15.5 Å². The van der Waals surface area contributed by atoms with Crippen LogP contribution in [0.15, 0.2) is 17.5 Å². The number of likely N-dealkylation sites (N-methyl/N-ethyl adjacent to an activating group) is 1. The molecule has 1 unspecified atom stereocenters. The van der Waals surface area contributed by atoms with Gasteiger partial charge in [-0.15, -0.1) is 11.3 Å². The van der Waals surface area contributed by atoms with Gasteiger partial charge in [0, 0.05) is 24.5 Å². The molecule has 16 heavy (non-hydrogen) atoms. The summed E-state index contributed by atoms with van der Waals surface area (Å²) in [6.07, 6.45) is 1.26. The molecule has 0 aliphatic carbocycles. The van der Waals surface area contributed by atoms with Crippen molar-refractivity contribution in [3.63, 3.8) is 0 Å². The summed E-state index contributed by atoms with van der Waals surface area (Å²) in [5, 5.41) is 2.10. The molecule has 1 aromatic heterocycles. The Bertz CT molecular complexity index is 299. The number of nitrogens with two attached hydrogens (primary N) is 1. The molecule has 0 spiro atoms. The van der Waals surface area contributed by atoms with Gasteiger partial charge in [-0.25, -0.2) is 0 Å². The fourth-order valence-corrected chi connectivity index (χ4v) is 2.87. The van der Waals surface area contributed by atoms with E-state index in [2.05, 4.69) is 34.4 Å². The Hall–Kier alpha value is -0.420. The number of nitrogens with zero attached hydrogens (tertiary/aromatic N) is 2. The van der Waals surface area contributed by atoms with Gasteiger partial charge in [0.15, 0.2) is 0 Å². The Balaban J connectivity index is 1.84. The zero-order valence-electron chi connectivity index (χ0n) is 9.93. The highest BCUT2D eigenvalue weighted by molar-refractivity contribution is 7.10. The molecule has 0 aromatic carbocycles. The molecule has 0 radical (unpaired) electrons. The Morgan fingerprint density at radius 2 is 2.25 bits per heavy atom. The average Bonchev–Trinajstić information content (AvgIpc) is 2.72. The van der Waals surface area contributed by atoms with Gasteiger partial charge in [0.1, 0.15) is 0 Å². The second kappa shape index (κ2) is 5.77. The van der Waals surface area contributed by atoms with E-state index in [1.165, 1.54) is 24.4 Å². The minimum absolute atomic E-state index is 0.184. The molecule has 0 bridgehead atoms. The Morgan fingerprint density at radius 1 is 1.38 bits per heavy atom. The highest BCUT2D eigenvalue weighted by Crippen LogP contribution is 2.18. The zero-order valence-corrected chi connectivity index (χ0v) is 10.7. The number of thiophene rings is 1. The largest absolute Gasteiger partial charge is 0.322 e. The number of hydrogen-bond donors (Lipinski definition) is 1. The quantitative estimate of drug-likeness (QED) is 0.865. The molecule has 1 aromatic rings. The molecule has 2 heterocycles. The van der Waals surface area contributed by atoms with Gasteiger partial charge in [-0.2, -0.15) is 0 Å². The Kier molecular flexibility index (Phi) is 4.35. The van der Waals surface area contributed by atoms with E-state index in [1.54, 1.807) is 11.3 Å². The minimum atomic E-state index is 0.184. The van der Waals surface area contributed by atoms with Crippen LogP contribution < -0.4 is 5.73 Å². The fourth-order valence-electron chi connectivity index (χ4n) is 2.15. The molecule has 1 fully saturated rings. The topological polar surface area (TPSA) is 32.5 Å². The van der Waals surface area contributed by atoms with Gasteiger partial charge >= 0.3 is 0 Å². The highest BCUT2D eigenvalue weighted by atomic mass is 32.1. The zero-order chi connectivity index (χ0) is 11.4. The van der Waals surface area contributed by atoms with Crippen molar-refractivity contribution in [3.8, 4) is 0 Å². The van der Waals surface area contributed by atoms with E-state index >= 15 is 0 Å². The van der Waals surface area contributed by atoms with Crippen molar-refractivity contribution in [1.29, 1.82) is 0 Å². The normalized spacial score (nSPS) is 21.9. The predicted octanol–water partition coefficient (Wildman–Crippen LogP) is 1.39. The van der Waals surface area contributed by atoms with Gasteiger partial charge in [0.05, 0.1) is 6.04 Å². The van der Waals surface area contributed by atoms with E-state index in [1.807, 2.05) is 0 Å². The van der Waals surface area contributed by atoms with Crippen LogP contribution >= 0.6 is 11.3 Å². The first-order chi connectivity index (χ1) is 7.75. The van der Waals surface area contributed by atoms with Crippen LogP contribution in [0.25, 0.3) is 0 Å². The van der Waals surface area contributed by atoms with Gasteiger partial charge in [-0.3, -0.25) is 0 Å². The molecule has 1 saturated heterocycles. The molecular formula is C12H21N3S. The van der Waals surface area contributed by atoms with Crippen molar-refractivity contribution in [1.82, 2.24) is 9.80 Å². The first-order valence-electron chi connectivity index (χ1n) is 5.95. The molecule has 0 saturated carbocycles. The molecule has 0 amide bonds. The Morgan fingerprint density at radius 3 is 3.00 bits per heavy atom. The summed E-state index contributed by atoms with van der Waals surface area (Å²) in [7, 11) is 2.20. The van der Waals surface area contributed by atoms with Crippen molar-refractivity contribution in [3.05, 3.63) is 22.4 Å². The summed E-state index contributed by atoms with van der Waals surface area (Å²) >= 11 is 1.76. The summed E-state index contributed by atoms with van der Waals surface area (Å²) in [4.78, 5) is 6.20. The maximum Gasteiger partial charge on any atom is 0.0519 e. The maximum atomic E-state index is 6.21. The predicted molar refractivity (Wildman–Crippen MR) is 69.8 cm³/mol. The molecule has 90 valence electrons. The third kappa shape index (κ3) is 3.28. The van der Waals surface area contributed by atoms with Crippen LogP contribution in [0.1, 0.15) is 17.3 Å². The van der Waals surface area contributed by atoms with Gasteiger partial charge in [-0.05, 0) is 38.0 Å². The van der Waals surface area contributed by atoms with Crippen LogP contribution in [0.2, 0.25) is 0 Å². The SMILES string of the molecule is CN1CCCN(CC(N)c2cccs2)CC1. The lowest BCUT2D eigenvalue weighted by Crippen LogP contribution is -2.34. The molecule has 3 nitrogen and oxygen atoms in total. The molecular weight excluding hydrogens is 218 g/mol. The first-order valence-corrected chi connectivity index (χ1v) is 6.83. The van der Waals surface area contributed by atoms with Crippen molar-refractivity contribution < 1.29 is 0 Å². The second-order valence-corrected chi connectivity index (χ2v) is 5.56. The van der Waals surface area contributed by atoms with Crippen molar-refractivity contribution in [2.45, 2.75) is 12.5 Å². The summed E-state index contributed by atoms with van der Waals surface area (Å²) in [5.41, 5.74) is 6.21. The number of rotatable bonds is 3. The van der Waals surface area contributed by atoms with Crippen LogP contribution in [0.5, 0.6) is 0 Å². The highest BCUT2D eigenvalue weighted by Gasteiger charge is 2.16. The maximum absolute atomic E-state index is 6.21. The third-order valence-corrected chi connectivity index (χ3v) is 4.18. The van der Waals surface area contributed by atoms with Crippen LogP contribution in [-0.2, 0) is 0 Å².